The Morgan fingerprint density at radius 2 is 1.21 bits per heavy atom. The highest BCUT2D eigenvalue weighted by atomic mass is 19.4. The lowest BCUT2D eigenvalue weighted by Gasteiger charge is -2.21. The molecule has 0 N–H and O–H groups in total. The number of ether oxygens (including phenoxy) is 2. The van der Waals surface area contributed by atoms with Crippen molar-refractivity contribution in [3.05, 3.63) is 0 Å². The van der Waals surface area contributed by atoms with Crippen molar-refractivity contribution in [1.29, 1.82) is 0 Å². The van der Waals surface area contributed by atoms with Gasteiger partial charge < -0.3 is 0 Å². The molecule has 0 unspecified atom stereocenters. The Bertz CT molecular complexity index is 186. The molecule has 0 bridgehead atoms. The summed E-state index contributed by atoms with van der Waals surface area (Å²) in [7, 11) is 0. The van der Waals surface area contributed by atoms with Gasteiger partial charge in [0.1, 0.15) is 0 Å². The lowest BCUT2D eigenvalue weighted by molar-refractivity contribution is -0.534. The predicted octanol–water partition coefficient (Wildman–Crippen LogP) is 2.65. The minimum Gasteiger partial charge on any atom is -0.241 e. The molecular weight excluding hydrogens is 232 g/mol. The van der Waals surface area contributed by atoms with Crippen molar-refractivity contribution in [2.24, 2.45) is 0 Å². The molecule has 0 fully saturated rings. The Labute approximate surface area is 71.4 Å². The normalized spacial score (nSPS) is 14.6. The van der Waals surface area contributed by atoms with Gasteiger partial charge in [-0.3, -0.25) is 0 Å². The van der Waals surface area contributed by atoms with E-state index < -0.39 is 25.4 Å². The molecule has 0 rings (SSSR count). The van der Waals surface area contributed by atoms with Gasteiger partial charge in [-0.25, -0.2) is 9.13 Å². The van der Waals surface area contributed by atoms with Crippen LogP contribution in [0.4, 0.5) is 35.1 Å². The van der Waals surface area contributed by atoms with Crippen LogP contribution in [0.3, 0.4) is 0 Å². The van der Waals surface area contributed by atoms with Crippen molar-refractivity contribution >= 4 is 0 Å². The van der Waals surface area contributed by atoms with Crippen LogP contribution in [0, 0.1) is 0 Å². The van der Waals surface area contributed by atoms with Gasteiger partial charge in [-0.05, 0) is 0 Å². The number of hydrogen-bond acceptors (Lipinski definition) is 2. The Kier molecular flexibility index (Phi) is 3.67. The maximum absolute atomic E-state index is 11.8. The summed E-state index contributed by atoms with van der Waals surface area (Å²) in [6, 6.07) is 0. The minimum absolute atomic E-state index is 1.86. The molecule has 0 heterocycles. The van der Waals surface area contributed by atoms with E-state index >= 15 is 0 Å². The molecule has 10 heteroatoms. The standard InChI is InChI=1S/C4H2F8O2/c5-1-2(6,7)13-4(11,12)14-3(8,9)10/h1H2. The molecule has 86 valence electrons. The third kappa shape index (κ3) is 5.91. The van der Waals surface area contributed by atoms with Crippen LogP contribution in [0.5, 0.6) is 0 Å². The van der Waals surface area contributed by atoms with E-state index in [1.165, 1.54) is 0 Å². The topological polar surface area (TPSA) is 18.5 Å². The predicted molar refractivity (Wildman–Crippen MR) is 24.1 cm³/mol. The largest absolute Gasteiger partial charge is 0.529 e. The van der Waals surface area contributed by atoms with Gasteiger partial charge in [0.2, 0.25) is 0 Å². The molecule has 0 saturated heterocycles. The third-order valence-corrected chi connectivity index (χ3v) is 0.658. The Hall–Kier alpha value is -0.640. The van der Waals surface area contributed by atoms with Crippen molar-refractivity contribution in [3.8, 4) is 0 Å². The fraction of sp³-hybridized carbons (Fsp3) is 1.00. The first-order valence-electron chi connectivity index (χ1n) is 2.76. The van der Waals surface area contributed by atoms with Gasteiger partial charge in [-0.1, -0.05) is 0 Å². The minimum atomic E-state index is -5.88. The molecule has 0 aliphatic heterocycles. The van der Waals surface area contributed by atoms with E-state index in [9.17, 15) is 35.1 Å². The zero-order chi connectivity index (χ0) is 11.6. The van der Waals surface area contributed by atoms with Gasteiger partial charge in [0, 0.05) is 0 Å². The third-order valence-electron chi connectivity index (χ3n) is 0.658. The number of alkyl halides is 8. The smallest absolute Gasteiger partial charge is 0.241 e. The van der Waals surface area contributed by atoms with E-state index in [2.05, 4.69) is 4.74 Å². The first kappa shape index (κ1) is 13.4. The van der Waals surface area contributed by atoms with Gasteiger partial charge in [0.25, 0.3) is 0 Å². The van der Waals surface area contributed by atoms with Crippen LogP contribution in [0.2, 0.25) is 0 Å². The van der Waals surface area contributed by atoms with E-state index in [1.54, 1.807) is 0 Å². The lowest BCUT2D eigenvalue weighted by Crippen LogP contribution is -2.40. The summed E-state index contributed by atoms with van der Waals surface area (Å²) in [6.45, 7) is -2.70. The quantitative estimate of drug-likeness (QED) is 0.549. The zero-order valence-electron chi connectivity index (χ0n) is 6.05. The second-order valence-electron chi connectivity index (χ2n) is 1.88. The molecule has 0 aromatic heterocycles. The van der Waals surface area contributed by atoms with Crippen LogP contribution in [0.15, 0.2) is 0 Å². The molecule has 0 radical (unpaired) electrons. The molecule has 14 heavy (non-hydrogen) atoms. The SMILES string of the molecule is FCC(F)(F)OC(F)(F)OC(F)(F)F. The highest BCUT2D eigenvalue weighted by Crippen LogP contribution is 2.33. The van der Waals surface area contributed by atoms with Gasteiger partial charge in [0.15, 0.2) is 6.67 Å². The molecule has 0 amide bonds. The fourth-order valence-corrected chi connectivity index (χ4v) is 0.357. The molecule has 0 aromatic carbocycles. The highest BCUT2D eigenvalue weighted by molar-refractivity contribution is 4.50. The fourth-order valence-electron chi connectivity index (χ4n) is 0.357. The van der Waals surface area contributed by atoms with Crippen molar-refractivity contribution in [2.75, 3.05) is 6.67 Å². The lowest BCUT2D eigenvalue weighted by atomic mass is 10.7. The van der Waals surface area contributed by atoms with Crippen molar-refractivity contribution in [2.45, 2.75) is 18.8 Å². The molecular formula is C4H2F8O2. The van der Waals surface area contributed by atoms with Gasteiger partial charge in [0.05, 0.1) is 0 Å². The first-order valence-corrected chi connectivity index (χ1v) is 2.76. The van der Waals surface area contributed by atoms with Crippen molar-refractivity contribution in [3.63, 3.8) is 0 Å². The summed E-state index contributed by atoms with van der Waals surface area (Å²) in [6.07, 6.45) is -16.6. The Morgan fingerprint density at radius 3 is 1.50 bits per heavy atom. The summed E-state index contributed by atoms with van der Waals surface area (Å²) in [4.78, 5) is 0. The van der Waals surface area contributed by atoms with Crippen LogP contribution in [0.1, 0.15) is 0 Å². The molecule has 0 aliphatic carbocycles. The molecule has 0 aliphatic rings. The maximum Gasteiger partial charge on any atom is 0.529 e. The maximum atomic E-state index is 11.8. The molecule has 0 spiro atoms. The van der Waals surface area contributed by atoms with Crippen LogP contribution in [0.25, 0.3) is 0 Å². The van der Waals surface area contributed by atoms with Crippen LogP contribution in [-0.4, -0.2) is 25.4 Å². The first-order chi connectivity index (χ1) is 5.97. The summed E-state index contributed by atoms with van der Waals surface area (Å²) in [5.41, 5.74) is 0. The second-order valence-corrected chi connectivity index (χ2v) is 1.88. The summed E-state index contributed by atoms with van der Waals surface area (Å²) in [5, 5.41) is 0. The van der Waals surface area contributed by atoms with Crippen LogP contribution >= 0.6 is 0 Å². The van der Waals surface area contributed by atoms with Crippen LogP contribution in [-0.2, 0) is 9.47 Å². The highest BCUT2D eigenvalue weighted by Gasteiger charge is 2.52. The van der Waals surface area contributed by atoms with Gasteiger partial charge in [-0.15, -0.1) is 22.0 Å². The van der Waals surface area contributed by atoms with Crippen molar-refractivity contribution < 1.29 is 44.6 Å². The van der Waals surface area contributed by atoms with E-state index in [0.29, 0.717) is 0 Å². The number of rotatable bonds is 4. The Balaban J connectivity index is 4.35. The molecule has 2 nitrogen and oxygen atoms in total. The second kappa shape index (κ2) is 3.85. The zero-order valence-corrected chi connectivity index (χ0v) is 6.05. The van der Waals surface area contributed by atoms with E-state index in [1.807, 2.05) is 4.74 Å². The molecule has 0 saturated carbocycles. The number of halogens is 8. The number of hydrogen-bond donors (Lipinski definition) is 0. The van der Waals surface area contributed by atoms with Crippen molar-refractivity contribution in [1.82, 2.24) is 0 Å². The monoisotopic (exact) mass is 234 g/mol. The van der Waals surface area contributed by atoms with Gasteiger partial charge in [-0.2, -0.15) is 13.5 Å². The average molecular weight is 234 g/mol. The molecule has 0 aromatic rings. The van der Waals surface area contributed by atoms with E-state index in [-0.39, 0.29) is 0 Å². The summed E-state index contributed by atoms with van der Waals surface area (Å²) < 4.78 is 95.5. The summed E-state index contributed by atoms with van der Waals surface area (Å²) >= 11 is 0. The van der Waals surface area contributed by atoms with Crippen LogP contribution < -0.4 is 0 Å². The van der Waals surface area contributed by atoms with E-state index in [0.717, 1.165) is 0 Å². The Morgan fingerprint density at radius 1 is 0.786 bits per heavy atom. The average Bonchev–Trinajstić information content (AvgIpc) is 1.78. The van der Waals surface area contributed by atoms with E-state index in [4.69, 9.17) is 0 Å². The summed E-state index contributed by atoms with van der Waals surface area (Å²) in [5.74, 6) is 0. The molecule has 0 atom stereocenters. The van der Waals surface area contributed by atoms with Gasteiger partial charge >= 0.3 is 18.8 Å².